The maximum atomic E-state index is 6.36. The number of aliphatic imine (C=N–C) groups is 1. The molecule has 1 aromatic rings. The van der Waals surface area contributed by atoms with Gasteiger partial charge in [0.1, 0.15) is 11.6 Å². The van der Waals surface area contributed by atoms with Gasteiger partial charge < -0.3 is 9.64 Å². The molecule has 0 aliphatic carbocycles. The number of amidine groups is 1. The van der Waals surface area contributed by atoms with Gasteiger partial charge >= 0.3 is 0 Å². The van der Waals surface area contributed by atoms with E-state index in [4.69, 9.17) is 21.3 Å². The molecule has 3 heterocycles. The van der Waals surface area contributed by atoms with Gasteiger partial charge in [-0.25, -0.2) is 0 Å². The second-order valence-electron chi connectivity index (χ2n) is 8.37. The standard InChI is InChI=1S/C25H32ClN3O/c1-19-20-4-3-15-29(19)25(27-14-11-23(26)8-5-20)18-28-16-12-22(13-17-28)21-6-9-24(30-2)10-7-21/h5-7,9-11,22H,1,3-4,8,12-18H2,2H3/b20-5-,23-11+,27-25?. The van der Waals surface area contributed by atoms with Crippen LogP contribution in [0.25, 0.3) is 0 Å². The number of ether oxygens (including phenoxy) is 1. The predicted molar refractivity (Wildman–Crippen MR) is 125 cm³/mol. The van der Waals surface area contributed by atoms with Gasteiger partial charge in [-0.05, 0) is 74.0 Å². The molecular formula is C25H32ClN3O. The largest absolute Gasteiger partial charge is 0.497 e. The van der Waals surface area contributed by atoms with Gasteiger partial charge in [0, 0.05) is 23.7 Å². The lowest BCUT2D eigenvalue weighted by atomic mass is 9.89. The van der Waals surface area contributed by atoms with Gasteiger partial charge in [0.2, 0.25) is 0 Å². The van der Waals surface area contributed by atoms with Crippen LogP contribution in [-0.4, -0.2) is 55.5 Å². The van der Waals surface area contributed by atoms with Crippen LogP contribution in [0.1, 0.15) is 43.6 Å². The molecule has 30 heavy (non-hydrogen) atoms. The molecule has 0 aromatic heterocycles. The van der Waals surface area contributed by atoms with Gasteiger partial charge in [0.05, 0.1) is 20.2 Å². The molecule has 1 aromatic carbocycles. The highest BCUT2D eigenvalue weighted by Gasteiger charge is 2.26. The smallest absolute Gasteiger partial charge is 0.118 e. The first-order chi connectivity index (χ1) is 14.6. The summed E-state index contributed by atoms with van der Waals surface area (Å²) in [4.78, 5) is 9.82. The van der Waals surface area contributed by atoms with E-state index >= 15 is 0 Å². The van der Waals surface area contributed by atoms with Crippen molar-refractivity contribution in [2.75, 3.05) is 39.8 Å². The summed E-state index contributed by atoms with van der Waals surface area (Å²) in [5.74, 6) is 2.69. The molecule has 0 atom stereocenters. The van der Waals surface area contributed by atoms with Gasteiger partial charge in [0.15, 0.2) is 0 Å². The number of hydrogen-bond donors (Lipinski definition) is 0. The number of methoxy groups -OCH3 is 1. The van der Waals surface area contributed by atoms with Crippen molar-refractivity contribution in [3.8, 4) is 5.75 Å². The maximum Gasteiger partial charge on any atom is 0.118 e. The number of fused-ring (bicyclic) bond motifs is 2. The Morgan fingerprint density at radius 3 is 2.63 bits per heavy atom. The number of allylic oxidation sites excluding steroid dienone is 3. The minimum absolute atomic E-state index is 0.624. The van der Waals surface area contributed by atoms with E-state index < -0.39 is 0 Å². The highest BCUT2D eigenvalue weighted by Crippen LogP contribution is 2.31. The van der Waals surface area contributed by atoms with E-state index in [1.54, 1.807) is 7.11 Å². The van der Waals surface area contributed by atoms with Crippen LogP contribution in [0.4, 0.5) is 0 Å². The first kappa shape index (κ1) is 21.2. The minimum Gasteiger partial charge on any atom is -0.497 e. The SMILES string of the molecule is C=C1/C2=C\C/C(Cl)=C\CN=C(CN3CCC(c4ccc(OC)cc4)CC3)N1CCC2. The molecule has 0 saturated carbocycles. The third kappa shape index (κ3) is 4.98. The highest BCUT2D eigenvalue weighted by atomic mass is 35.5. The fourth-order valence-corrected chi connectivity index (χ4v) is 4.81. The summed E-state index contributed by atoms with van der Waals surface area (Å²) in [6, 6.07) is 8.57. The summed E-state index contributed by atoms with van der Waals surface area (Å²) >= 11 is 6.36. The van der Waals surface area contributed by atoms with Crippen molar-refractivity contribution in [1.82, 2.24) is 9.80 Å². The molecular weight excluding hydrogens is 394 g/mol. The van der Waals surface area contributed by atoms with Crippen LogP contribution in [-0.2, 0) is 0 Å². The van der Waals surface area contributed by atoms with Crippen molar-refractivity contribution >= 4 is 17.4 Å². The second-order valence-corrected chi connectivity index (χ2v) is 8.85. The number of hydrogen-bond acceptors (Lipinski definition) is 4. The van der Waals surface area contributed by atoms with E-state index in [1.807, 2.05) is 6.08 Å². The third-order valence-corrected chi connectivity index (χ3v) is 6.81. The van der Waals surface area contributed by atoms with Gasteiger partial charge in [-0.15, -0.1) is 0 Å². The lowest BCUT2D eigenvalue weighted by Gasteiger charge is -2.38. The molecule has 2 bridgehead atoms. The van der Waals surface area contributed by atoms with E-state index in [9.17, 15) is 0 Å². The molecule has 0 unspecified atom stereocenters. The van der Waals surface area contributed by atoms with E-state index in [1.165, 1.54) is 24.0 Å². The molecule has 3 aliphatic heterocycles. The van der Waals surface area contributed by atoms with Crippen molar-refractivity contribution in [2.24, 2.45) is 4.99 Å². The fraction of sp³-hybridized carbons (Fsp3) is 0.480. The van der Waals surface area contributed by atoms with E-state index in [2.05, 4.69) is 46.7 Å². The highest BCUT2D eigenvalue weighted by molar-refractivity contribution is 6.29. The van der Waals surface area contributed by atoms with Crippen LogP contribution in [0.5, 0.6) is 5.75 Å². The van der Waals surface area contributed by atoms with Crippen molar-refractivity contribution in [2.45, 2.75) is 38.0 Å². The average molecular weight is 426 g/mol. The number of nitrogens with zero attached hydrogens (tertiary/aromatic N) is 3. The zero-order chi connectivity index (χ0) is 20.9. The van der Waals surface area contributed by atoms with Crippen molar-refractivity contribution in [1.29, 1.82) is 0 Å². The Labute approximate surface area is 185 Å². The Morgan fingerprint density at radius 1 is 1.13 bits per heavy atom. The summed E-state index contributed by atoms with van der Waals surface area (Å²) in [5, 5.41) is 0.873. The number of piperidine rings is 2. The summed E-state index contributed by atoms with van der Waals surface area (Å²) in [5.41, 5.74) is 3.85. The van der Waals surface area contributed by atoms with Crippen LogP contribution >= 0.6 is 11.6 Å². The zero-order valence-electron chi connectivity index (χ0n) is 17.9. The Morgan fingerprint density at radius 2 is 1.90 bits per heavy atom. The van der Waals surface area contributed by atoms with Gasteiger partial charge in [-0.1, -0.05) is 36.4 Å². The van der Waals surface area contributed by atoms with E-state index in [0.717, 1.165) is 67.8 Å². The Bertz CT molecular complexity index is 848. The maximum absolute atomic E-state index is 6.36. The quantitative estimate of drug-likeness (QED) is 0.652. The van der Waals surface area contributed by atoms with Crippen LogP contribution < -0.4 is 4.74 Å². The second kappa shape index (κ2) is 9.84. The molecule has 160 valence electrons. The van der Waals surface area contributed by atoms with Crippen LogP contribution in [0, 0.1) is 0 Å². The Balaban J connectivity index is 1.42. The lowest BCUT2D eigenvalue weighted by molar-refractivity contribution is 0.232. The molecule has 0 spiro atoms. The van der Waals surface area contributed by atoms with Crippen LogP contribution in [0.3, 0.4) is 0 Å². The lowest BCUT2D eigenvalue weighted by Crippen LogP contribution is -2.44. The van der Waals surface area contributed by atoms with E-state index in [0.29, 0.717) is 12.5 Å². The normalized spacial score (nSPS) is 25.1. The van der Waals surface area contributed by atoms with Gasteiger partial charge in [0.25, 0.3) is 0 Å². The molecule has 2 fully saturated rings. The fourth-order valence-electron chi connectivity index (χ4n) is 4.66. The van der Waals surface area contributed by atoms with Crippen LogP contribution in [0.2, 0.25) is 0 Å². The van der Waals surface area contributed by atoms with Gasteiger partial charge in [-0.3, -0.25) is 9.89 Å². The molecule has 4 nitrogen and oxygen atoms in total. The Hall–Kier alpha value is -2.04. The first-order valence-electron chi connectivity index (χ1n) is 11.0. The average Bonchev–Trinajstić information content (AvgIpc) is 2.78. The summed E-state index contributed by atoms with van der Waals surface area (Å²) in [6.07, 6.45) is 9.66. The Kier molecular flexibility index (Phi) is 6.96. The van der Waals surface area contributed by atoms with Crippen molar-refractivity contribution in [3.63, 3.8) is 0 Å². The summed E-state index contributed by atoms with van der Waals surface area (Å²) < 4.78 is 5.29. The molecule has 4 rings (SSSR count). The van der Waals surface area contributed by atoms with Crippen molar-refractivity contribution < 1.29 is 4.74 Å². The molecule has 0 N–H and O–H groups in total. The molecule has 0 amide bonds. The number of halogens is 1. The number of rotatable bonds is 4. The minimum atomic E-state index is 0.624. The van der Waals surface area contributed by atoms with Gasteiger partial charge in [-0.2, -0.15) is 0 Å². The third-order valence-electron chi connectivity index (χ3n) is 6.51. The van der Waals surface area contributed by atoms with Crippen LogP contribution in [0.15, 0.2) is 64.3 Å². The molecule has 3 aliphatic rings. The van der Waals surface area contributed by atoms with E-state index in [-0.39, 0.29) is 0 Å². The summed E-state index contributed by atoms with van der Waals surface area (Å²) in [6.45, 7) is 9.11. The molecule has 0 radical (unpaired) electrons. The number of likely N-dealkylation sites (tertiary alicyclic amines) is 1. The number of benzene rings is 1. The topological polar surface area (TPSA) is 28.1 Å². The van der Waals surface area contributed by atoms with Crippen molar-refractivity contribution in [3.05, 3.63) is 64.9 Å². The zero-order valence-corrected chi connectivity index (χ0v) is 18.7. The molecule has 5 heteroatoms. The molecule has 2 saturated heterocycles. The predicted octanol–water partition coefficient (Wildman–Crippen LogP) is 5.34. The first-order valence-corrected chi connectivity index (χ1v) is 11.4. The summed E-state index contributed by atoms with van der Waals surface area (Å²) in [7, 11) is 1.72. The monoisotopic (exact) mass is 425 g/mol.